The Morgan fingerprint density at radius 2 is 1.80 bits per heavy atom. The first-order valence-electron chi connectivity index (χ1n) is 4.28. The zero-order valence-corrected chi connectivity index (χ0v) is 9.59. The Morgan fingerprint density at radius 1 is 1.27 bits per heavy atom. The molecule has 0 aromatic carbocycles. The van der Waals surface area contributed by atoms with E-state index in [0.717, 1.165) is 0 Å². The van der Waals surface area contributed by atoms with Gasteiger partial charge in [0.15, 0.2) is 5.41 Å². The lowest BCUT2D eigenvalue weighted by molar-refractivity contribution is -0.160. The highest BCUT2D eigenvalue weighted by molar-refractivity contribution is 7.10. The largest absolute Gasteiger partial charge is 0.468 e. The molecule has 0 fully saturated rings. The summed E-state index contributed by atoms with van der Waals surface area (Å²) >= 11 is 1.32. The van der Waals surface area contributed by atoms with Gasteiger partial charge < -0.3 is 9.47 Å². The van der Waals surface area contributed by atoms with Gasteiger partial charge in [-0.2, -0.15) is 0 Å². The summed E-state index contributed by atoms with van der Waals surface area (Å²) in [7, 11) is 2.49. The highest BCUT2D eigenvalue weighted by Crippen LogP contribution is 2.30. The monoisotopic (exact) mass is 228 g/mol. The van der Waals surface area contributed by atoms with Gasteiger partial charge in [0.2, 0.25) is 0 Å². The van der Waals surface area contributed by atoms with Crippen molar-refractivity contribution in [3.05, 3.63) is 22.4 Å². The van der Waals surface area contributed by atoms with Crippen LogP contribution in [0.5, 0.6) is 0 Å². The van der Waals surface area contributed by atoms with E-state index in [-0.39, 0.29) is 0 Å². The van der Waals surface area contributed by atoms with Crippen molar-refractivity contribution in [2.45, 2.75) is 12.3 Å². The lowest BCUT2D eigenvalue weighted by Crippen LogP contribution is -2.42. The fourth-order valence-corrected chi connectivity index (χ4v) is 2.12. The van der Waals surface area contributed by atoms with Crippen molar-refractivity contribution in [2.24, 2.45) is 0 Å². The van der Waals surface area contributed by atoms with E-state index in [1.54, 1.807) is 17.5 Å². The number of methoxy groups -OCH3 is 2. The first kappa shape index (κ1) is 11.7. The Balaban J connectivity index is 3.19. The van der Waals surface area contributed by atoms with E-state index in [1.807, 2.05) is 0 Å². The van der Waals surface area contributed by atoms with E-state index in [4.69, 9.17) is 0 Å². The molecule has 5 heteroatoms. The minimum absolute atomic E-state index is 0.612. The van der Waals surface area contributed by atoms with E-state index in [1.165, 1.54) is 32.5 Å². The van der Waals surface area contributed by atoms with E-state index in [9.17, 15) is 9.59 Å². The van der Waals surface area contributed by atoms with Crippen molar-refractivity contribution < 1.29 is 19.1 Å². The highest BCUT2D eigenvalue weighted by Gasteiger charge is 2.46. The number of carbonyl (C=O) groups excluding carboxylic acids is 2. The minimum atomic E-state index is -1.36. The second-order valence-electron chi connectivity index (χ2n) is 3.09. The van der Waals surface area contributed by atoms with Gasteiger partial charge in [0.1, 0.15) is 0 Å². The van der Waals surface area contributed by atoms with Crippen molar-refractivity contribution in [1.29, 1.82) is 0 Å². The molecule has 0 amide bonds. The average Bonchev–Trinajstić information content (AvgIpc) is 2.79. The summed E-state index contributed by atoms with van der Waals surface area (Å²) in [5.74, 6) is -1.23. The number of hydrogen-bond donors (Lipinski definition) is 0. The predicted molar refractivity (Wildman–Crippen MR) is 55.7 cm³/mol. The Labute approximate surface area is 91.8 Å². The van der Waals surface area contributed by atoms with Crippen molar-refractivity contribution in [2.75, 3.05) is 14.2 Å². The van der Waals surface area contributed by atoms with Gasteiger partial charge in [-0.1, -0.05) is 6.07 Å². The quantitative estimate of drug-likeness (QED) is 0.579. The standard InChI is InChI=1S/C10H12O4S/c1-10(8(11)13-2,9(12)14-3)7-5-4-6-15-7/h4-6H,1-3H3. The molecule has 0 atom stereocenters. The van der Waals surface area contributed by atoms with Crippen LogP contribution in [0.25, 0.3) is 0 Å². The summed E-state index contributed by atoms with van der Waals surface area (Å²) < 4.78 is 9.26. The lowest BCUT2D eigenvalue weighted by atomic mass is 9.89. The summed E-state index contributed by atoms with van der Waals surface area (Å²) in [5, 5.41) is 1.79. The van der Waals surface area contributed by atoms with Crippen molar-refractivity contribution in [1.82, 2.24) is 0 Å². The Hall–Kier alpha value is -1.36. The fraction of sp³-hybridized carbons (Fsp3) is 0.400. The smallest absolute Gasteiger partial charge is 0.328 e. The van der Waals surface area contributed by atoms with Gasteiger partial charge in [-0.05, 0) is 18.4 Å². The van der Waals surface area contributed by atoms with Crippen molar-refractivity contribution in [3.8, 4) is 0 Å². The molecular formula is C10H12O4S. The molecule has 1 heterocycles. The summed E-state index contributed by atoms with van der Waals surface area (Å²) in [5.41, 5.74) is -1.36. The van der Waals surface area contributed by atoms with Gasteiger partial charge >= 0.3 is 11.9 Å². The van der Waals surface area contributed by atoms with Gasteiger partial charge in [-0.3, -0.25) is 9.59 Å². The normalized spacial score (nSPS) is 10.9. The van der Waals surface area contributed by atoms with Crippen LogP contribution in [0.4, 0.5) is 0 Å². The maximum atomic E-state index is 11.6. The molecule has 1 aromatic rings. The molecule has 0 saturated carbocycles. The third-order valence-electron chi connectivity index (χ3n) is 2.20. The molecule has 0 aliphatic carbocycles. The summed E-state index contributed by atoms with van der Waals surface area (Å²) in [6, 6.07) is 3.47. The second kappa shape index (κ2) is 4.44. The summed E-state index contributed by atoms with van der Waals surface area (Å²) in [4.78, 5) is 23.8. The van der Waals surface area contributed by atoms with Gasteiger partial charge in [0.25, 0.3) is 0 Å². The molecular weight excluding hydrogens is 216 g/mol. The third kappa shape index (κ3) is 1.87. The zero-order valence-electron chi connectivity index (χ0n) is 8.77. The van der Waals surface area contributed by atoms with Crippen LogP contribution < -0.4 is 0 Å². The van der Waals surface area contributed by atoms with Crippen LogP contribution >= 0.6 is 11.3 Å². The minimum Gasteiger partial charge on any atom is -0.468 e. The van der Waals surface area contributed by atoms with Gasteiger partial charge in [0.05, 0.1) is 14.2 Å². The number of thiophene rings is 1. The Bertz CT molecular complexity index is 340. The molecule has 0 spiro atoms. The first-order chi connectivity index (χ1) is 7.07. The second-order valence-corrected chi connectivity index (χ2v) is 4.03. The molecule has 0 bridgehead atoms. The fourth-order valence-electron chi connectivity index (χ4n) is 1.26. The van der Waals surface area contributed by atoms with Crippen LogP contribution in [0, 0.1) is 0 Å². The van der Waals surface area contributed by atoms with Crippen LogP contribution in [0.2, 0.25) is 0 Å². The number of esters is 2. The first-order valence-corrected chi connectivity index (χ1v) is 5.16. The lowest BCUT2D eigenvalue weighted by Gasteiger charge is -2.22. The predicted octanol–water partition coefficient (Wildman–Crippen LogP) is 1.35. The molecule has 4 nitrogen and oxygen atoms in total. The zero-order chi connectivity index (χ0) is 11.5. The number of rotatable bonds is 3. The van der Waals surface area contributed by atoms with E-state index in [0.29, 0.717) is 4.88 Å². The van der Waals surface area contributed by atoms with E-state index < -0.39 is 17.4 Å². The number of hydrogen-bond acceptors (Lipinski definition) is 5. The molecule has 0 unspecified atom stereocenters. The van der Waals surface area contributed by atoms with Crippen LogP contribution in [0.3, 0.4) is 0 Å². The molecule has 0 saturated heterocycles. The van der Waals surface area contributed by atoms with E-state index in [2.05, 4.69) is 9.47 Å². The molecule has 1 rings (SSSR count). The van der Waals surface area contributed by atoms with E-state index >= 15 is 0 Å². The summed E-state index contributed by atoms with van der Waals surface area (Å²) in [6.45, 7) is 1.50. The van der Waals surface area contributed by atoms with Crippen LogP contribution in [-0.4, -0.2) is 26.2 Å². The van der Waals surface area contributed by atoms with Crippen LogP contribution in [0.1, 0.15) is 11.8 Å². The van der Waals surface area contributed by atoms with Gasteiger partial charge in [0, 0.05) is 4.88 Å². The maximum absolute atomic E-state index is 11.6. The maximum Gasteiger partial charge on any atom is 0.328 e. The van der Waals surface area contributed by atoms with Gasteiger partial charge in [-0.15, -0.1) is 11.3 Å². The highest BCUT2D eigenvalue weighted by atomic mass is 32.1. The number of ether oxygens (including phenoxy) is 2. The Kier molecular flexibility index (Phi) is 3.47. The van der Waals surface area contributed by atoms with Crippen molar-refractivity contribution in [3.63, 3.8) is 0 Å². The van der Waals surface area contributed by atoms with Crippen LogP contribution in [0.15, 0.2) is 17.5 Å². The Morgan fingerprint density at radius 3 is 2.13 bits per heavy atom. The number of carbonyl (C=O) groups is 2. The molecule has 0 N–H and O–H groups in total. The molecule has 1 aromatic heterocycles. The van der Waals surface area contributed by atoms with Gasteiger partial charge in [-0.25, -0.2) is 0 Å². The molecule has 0 aliphatic rings. The SMILES string of the molecule is COC(=O)C(C)(C(=O)OC)c1cccs1. The molecule has 0 radical (unpaired) electrons. The summed E-state index contributed by atoms with van der Waals surface area (Å²) in [6.07, 6.45) is 0. The average molecular weight is 228 g/mol. The topological polar surface area (TPSA) is 52.6 Å². The van der Waals surface area contributed by atoms with Crippen LogP contribution in [-0.2, 0) is 24.5 Å². The molecule has 15 heavy (non-hydrogen) atoms. The van der Waals surface area contributed by atoms with Crippen molar-refractivity contribution >= 4 is 23.3 Å². The molecule has 0 aliphatic heterocycles. The molecule has 82 valence electrons. The third-order valence-corrected chi connectivity index (χ3v) is 3.29.